The molecule has 1 aromatic heterocycles. The molecular weight excluding hydrogens is 296 g/mol. The lowest BCUT2D eigenvalue weighted by atomic mass is 10.2. The smallest absolute Gasteiger partial charge is 0.347 e. The van der Waals surface area contributed by atoms with Crippen LogP contribution in [-0.4, -0.2) is 34.6 Å². The first-order chi connectivity index (χ1) is 10.6. The van der Waals surface area contributed by atoms with Gasteiger partial charge in [-0.15, -0.1) is 11.3 Å². The lowest BCUT2D eigenvalue weighted by molar-refractivity contribution is 0.0700. The minimum absolute atomic E-state index is 0.387. The fourth-order valence-corrected chi connectivity index (χ4v) is 3.51. The van der Waals surface area contributed by atoms with Crippen LogP contribution >= 0.6 is 11.3 Å². The molecule has 0 aliphatic heterocycles. The number of rotatable bonds is 7. The van der Waals surface area contributed by atoms with E-state index in [0.29, 0.717) is 10.8 Å². The zero-order valence-corrected chi connectivity index (χ0v) is 13.5. The summed E-state index contributed by atoms with van der Waals surface area (Å²) in [6, 6.07) is 10.4. The van der Waals surface area contributed by atoms with Gasteiger partial charge in [-0.1, -0.05) is 30.3 Å². The van der Waals surface area contributed by atoms with Crippen LogP contribution in [-0.2, 0) is 13.0 Å². The van der Waals surface area contributed by atoms with Gasteiger partial charge >= 0.3 is 5.97 Å². The molecule has 2 aromatic rings. The molecule has 0 bridgehead atoms. The minimum Gasteiger partial charge on any atom is -0.477 e. The topological polar surface area (TPSA) is 53.4 Å². The number of hydrogen-bond acceptors (Lipinski definition) is 4. The van der Waals surface area contributed by atoms with Crippen molar-refractivity contribution in [3.05, 3.63) is 51.5 Å². The molecule has 1 N–H and O–H groups in total. The van der Waals surface area contributed by atoms with Crippen molar-refractivity contribution in [3.8, 4) is 0 Å². The predicted octanol–water partition coefficient (Wildman–Crippen LogP) is 3.39. The Kier molecular flexibility index (Phi) is 4.55. The van der Waals surface area contributed by atoms with Crippen molar-refractivity contribution in [2.75, 3.05) is 13.6 Å². The van der Waals surface area contributed by atoms with Gasteiger partial charge in [-0.3, -0.25) is 0 Å². The number of carbonyl (C=O) groups is 1. The summed E-state index contributed by atoms with van der Waals surface area (Å²) in [5.74, 6) is -0.443. The highest BCUT2D eigenvalue weighted by Crippen LogP contribution is 2.42. The maximum absolute atomic E-state index is 11.3. The minimum atomic E-state index is -0.830. The van der Waals surface area contributed by atoms with E-state index in [1.54, 1.807) is 0 Å². The lowest BCUT2D eigenvalue weighted by Crippen LogP contribution is -2.20. The van der Waals surface area contributed by atoms with Crippen LogP contribution in [0, 0.1) is 0 Å². The van der Waals surface area contributed by atoms with Crippen LogP contribution in [0.3, 0.4) is 0 Å². The van der Waals surface area contributed by atoms with Crippen molar-refractivity contribution < 1.29 is 9.90 Å². The molecule has 1 heterocycles. The maximum Gasteiger partial charge on any atom is 0.347 e. The standard InChI is InChI=1S/C17H20N2O2S/c1-19(11-12-5-3-2-4-6-12)10-9-14-18-15(13-7-8-13)16(22-14)17(20)21/h2-6,13H,7-11H2,1H3,(H,20,21). The van der Waals surface area contributed by atoms with E-state index >= 15 is 0 Å². The first-order valence-electron chi connectivity index (χ1n) is 7.59. The molecule has 1 aliphatic rings. The summed E-state index contributed by atoms with van der Waals surface area (Å²) < 4.78 is 0. The summed E-state index contributed by atoms with van der Waals surface area (Å²) in [4.78, 5) is 18.6. The van der Waals surface area contributed by atoms with E-state index < -0.39 is 5.97 Å². The molecule has 1 aliphatic carbocycles. The van der Waals surface area contributed by atoms with Crippen LogP contribution in [0.25, 0.3) is 0 Å². The number of carboxylic acid groups (broad SMARTS) is 1. The normalized spacial score (nSPS) is 14.5. The highest BCUT2D eigenvalue weighted by atomic mass is 32.1. The second-order valence-electron chi connectivity index (χ2n) is 5.87. The summed E-state index contributed by atoms with van der Waals surface area (Å²) in [5.41, 5.74) is 2.10. The molecule has 1 fully saturated rings. The Balaban J connectivity index is 1.59. The fraction of sp³-hybridized carbons (Fsp3) is 0.412. The number of benzene rings is 1. The van der Waals surface area contributed by atoms with Gasteiger partial charge in [-0.05, 0) is 25.5 Å². The molecule has 22 heavy (non-hydrogen) atoms. The fourth-order valence-electron chi connectivity index (χ4n) is 2.53. The van der Waals surface area contributed by atoms with E-state index in [0.717, 1.165) is 43.1 Å². The van der Waals surface area contributed by atoms with E-state index in [2.05, 4.69) is 29.1 Å². The van der Waals surface area contributed by atoms with Crippen LogP contribution in [0.2, 0.25) is 0 Å². The van der Waals surface area contributed by atoms with Crippen LogP contribution in [0.4, 0.5) is 0 Å². The molecule has 116 valence electrons. The summed E-state index contributed by atoms with van der Waals surface area (Å²) in [5, 5.41) is 10.2. The monoisotopic (exact) mass is 316 g/mol. The maximum atomic E-state index is 11.3. The van der Waals surface area contributed by atoms with Gasteiger partial charge in [0.25, 0.3) is 0 Å². The molecule has 1 aromatic carbocycles. The molecule has 0 spiro atoms. The Bertz CT molecular complexity index is 650. The average molecular weight is 316 g/mol. The van der Waals surface area contributed by atoms with Crippen molar-refractivity contribution in [1.29, 1.82) is 0 Å². The number of aromatic nitrogens is 1. The quantitative estimate of drug-likeness (QED) is 0.850. The Morgan fingerprint density at radius 2 is 2.09 bits per heavy atom. The molecular formula is C17H20N2O2S. The highest BCUT2D eigenvalue weighted by molar-refractivity contribution is 7.13. The molecule has 0 amide bonds. The Labute approximate surface area is 134 Å². The third-order valence-electron chi connectivity index (χ3n) is 3.86. The zero-order chi connectivity index (χ0) is 15.5. The molecule has 4 nitrogen and oxygen atoms in total. The molecule has 1 saturated carbocycles. The molecule has 3 rings (SSSR count). The van der Waals surface area contributed by atoms with Crippen LogP contribution < -0.4 is 0 Å². The van der Waals surface area contributed by atoms with Gasteiger partial charge in [0.1, 0.15) is 4.88 Å². The van der Waals surface area contributed by atoms with Crippen LogP contribution in [0.15, 0.2) is 30.3 Å². The van der Waals surface area contributed by atoms with Crippen molar-refractivity contribution in [2.45, 2.75) is 31.7 Å². The van der Waals surface area contributed by atoms with Crippen LogP contribution in [0.1, 0.15) is 44.7 Å². The number of nitrogens with zero attached hydrogens (tertiary/aromatic N) is 2. The van der Waals surface area contributed by atoms with Gasteiger partial charge in [0, 0.05) is 25.4 Å². The molecule has 5 heteroatoms. The third kappa shape index (κ3) is 3.72. The van der Waals surface area contributed by atoms with E-state index in [1.807, 2.05) is 18.2 Å². The SMILES string of the molecule is CN(CCc1nc(C2CC2)c(C(=O)O)s1)Cc1ccccc1. The van der Waals surface area contributed by atoms with Crippen molar-refractivity contribution in [1.82, 2.24) is 9.88 Å². The van der Waals surface area contributed by atoms with Crippen molar-refractivity contribution in [2.24, 2.45) is 0 Å². The lowest BCUT2D eigenvalue weighted by Gasteiger charge is -2.15. The van der Waals surface area contributed by atoms with Crippen molar-refractivity contribution in [3.63, 3.8) is 0 Å². The summed E-state index contributed by atoms with van der Waals surface area (Å²) >= 11 is 1.35. The molecule has 0 saturated heterocycles. The number of likely N-dealkylation sites (N-methyl/N-ethyl adjacent to an activating group) is 1. The van der Waals surface area contributed by atoms with E-state index in [-0.39, 0.29) is 0 Å². The Morgan fingerprint density at radius 1 is 1.36 bits per heavy atom. The number of hydrogen-bond donors (Lipinski definition) is 1. The van der Waals surface area contributed by atoms with Gasteiger partial charge < -0.3 is 10.0 Å². The summed E-state index contributed by atoms with van der Waals surface area (Å²) in [6.07, 6.45) is 2.97. The first-order valence-corrected chi connectivity index (χ1v) is 8.40. The summed E-state index contributed by atoms with van der Waals surface area (Å²) in [7, 11) is 2.08. The first kappa shape index (κ1) is 15.2. The van der Waals surface area contributed by atoms with Crippen molar-refractivity contribution >= 4 is 17.3 Å². The van der Waals surface area contributed by atoms with Gasteiger partial charge in [-0.2, -0.15) is 0 Å². The predicted molar refractivity (Wildman–Crippen MR) is 87.5 cm³/mol. The Hall–Kier alpha value is -1.72. The number of carboxylic acids is 1. The number of thiazole rings is 1. The number of aromatic carboxylic acids is 1. The Morgan fingerprint density at radius 3 is 2.73 bits per heavy atom. The van der Waals surface area contributed by atoms with Gasteiger partial charge in [0.05, 0.1) is 10.7 Å². The van der Waals surface area contributed by atoms with E-state index in [9.17, 15) is 9.90 Å². The highest BCUT2D eigenvalue weighted by Gasteiger charge is 2.31. The zero-order valence-electron chi connectivity index (χ0n) is 12.7. The summed E-state index contributed by atoms with van der Waals surface area (Å²) in [6.45, 7) is 1.78. The second-order valence-corrected chi connectivity index (χ2v) is 6.96. The second kappa shape index (κ2) is 6.58. The largest absolute Gasteiger partial charge is 0.477 e. The molecule has 0 radical (unpaired) electrons. The third-order valence-corrected chi connectivity index (χ3v) is 4.98. The van der Waals surface area contributed by atoms with E-state index in [1.165, 1.54) is 16.9 Å². The average Bonchev–Trinajstić information content (AvgIpc) is 3.25. The van der Waals surface area contributed by atoms with Gasteiger partial charge in [0.2, 0.25) is 0 Å². The van der Waals surface area contributed by atoms with Crippen LogP contribution in [0.5, 0.6) is 0 Å². The van der Waals surface area contributed by atoms with E-state index in [4.69, 9.17) is 0 Å². The van der Waals surface area contributed by atoms with Gasteiger partial charge in [0.15, 0.2) is 0 Å². The van der Waals surface area contributed by atoms with Gasteiger partial charge in [-0.25, -0.2) is 9.78 Å². The molecule has 0 atom stereocenters. The molecule has 0 unspecified atom stereocenters.